The van der Waals surface area contributed by atoms with E-state index in [0.717, 1.165) is 25.7 Å². The molecule has 4 rings (SSSR count). The van der Waals surface area contributed by atoms with Gasteiger partial charge in [0.2, 0.25) is 0 Å². The summed E-state index contributed by atoms with van der Waals surface area (Å²) in [5.41, 5.74) is 0. The van der Waals surface area contributed by atoms with E-state index >= 15 is 0 Å². The van der Waals surface area contributed by atoms with Gasteiger partial charge in [-0.15, -0.1) is 0 Å². The predicted molar refractivity (Wildman–Crippen MR) is 79.8 cm³/mol. The van der Waals surface area contributed by atoms with Crippen LogP contribution in [-0.4, -0.2) is 52.9 Å². The number of rotatable bonds is 3. The second-order valence-electron chi connectivity index (χ2n) is 6.55. The summed E-state index contributed by atoms with van der Waals surface area (Å²) < 4.78 is 2.09. The highest BCUT2D eigenvalue weighted by Gasteiger charge is 2.35. The lowest BCUT2D eigenvalue weighted by Gasteiger charge is -2.33. The summed E-state index contributed by atoms with van der Waals surface area (Å²) in [5.74, 6) is 1.82. The third-order valence-electron chi connectivity index (χ3n) is 5.24. The van der Waals surface area contributed by atoms with Crippen molar-refractivity contribution >= 4 is 5.82 Å². The maximum atomic E-state index is 4.37. The Balaban J connectivity index is 1.31. The summed E-state index contributed by atoms with van der Waals surface area (Å²) in [6, 6.07) is 3.58. The first-order valence-corrected chi connectivity index (χ1v) is 8.13. The average Bonchev–Trinajstić information content (AvgIpc) is 3.11. The molecule has 5 nitrogen and oxygen atoms in total. The number of aromatic nitrogens is 2. The van der Waals surface area contributed by atoms with Crippen molar-refractivity contribution in [3.05, 3.63) is 12.3 Å². The average molecular weight is 275 g/mol. The number of fused-ring (bicyclic) bond motifs is 2. The van der Waals surface area contributed by atoms with Crippen LogP contribution in [0.15, 0.2) is 12.3 Å². The Morgan fingerprint density at radius 2 is 2.30 bits per heavy atom. The fourth-order valence-corrected chi connectivity index (χ4v) is 4.13. The van der Waals surface area contributed by atoms with Gasteiger partial charge in [-0.25, -0.2) is 4.68 Å². The van der Waals surface area contributed by atoms with Crippen molar-refractivity contribution in [3.8, 4) is 0 Å². The van der Waals surface area contributed by atoms with Crippen LogP contribution in [0, 0.1) is 5.92 Å². The third-order valence-corrected chi connectivity index (χ3v) is 5.24. The van der Waals surface area contributed by atoms with Gasteiger partial charge in [0.1, 0.15) is 5.82 Å². The van der Waals surface area contributed by atoms with Crippen LogP contribution < -0.4 is 10.6 Å². The molecule has 2 saturated heterocycles. The molecule has 0 aliphatic carbocycles. The van der Waals surface area contributed by atoms with Crippen LogP contribution >= 0.6 is 0 Å². The van der Waals surface area contributed by atoms with E-state index in [1.165, 1.54) is 44.6 Å². The SMILES string of the molecule is c1cc2n(n1)CC(CNC1CCN3CCCCC13)CN2. The molecule has 0 amide bonds. The Kier molecular flexibility index (Phi) is 3.40. The van der Waals surface area contributed by atoms with E-state index in [-0.39, 0.29) is 0 Å². The molecule has 1 aromatic heterocycles. The molecular formula is C15H25N5. The predicted octanol–water partition coefficient (Wildman–Crippen LogP) is 1.14. The van der Waals surface area contributed by atoms with Crippen molar-refractivity contribution < 1.29 is 0 Å². The van der Waals surface area contributed by atoms with Gasteiger partial charge in [0.25, 0.3) is 0 Å². The third kappa shape index (κ3) is 2.33. The zero-order chi connectivity index (χ0) is 13.4. The van der Waals surface area contributed by atoms with Crippen molar-refractivity contribution in [2.24, 2.45) is 5.92 Å². The topological polar surface area (TPSA) is 45.1 Å². The van der Waals surface area contributed by atoms with E-state index in [1.54, 1.807) is 0 Å². The fourth-order valence-electron chi connectivity index (χ4n) is 4.13. The van der Waals surface area contributed by atoms with Crippen molar-refractivity contribution in [1.29, 1.82) is 0 Å². The Morgan fingerprint density at radius 1 is 1.30 bits per heavy atom. The summed E-state index contributed by atoms with van der Waals surface area (Å²) in [7, 11) is 0. The Bertz CT molecular complexity index is 457. The molecule has 3 aliphatic heterocycles. The maximum Gasteiger partial charge on any atom is 0.124 e. The number of anilines is 1. The van der Waals surface area contributed by atoms with Crippen molar-refractivity contribution in [2.75, 3.05) is 31.5 Å². The fraction of sp³-hybridized carbons (Fsp3) is 0.800. The normalized spacial score (nSPS) is 33.5. The van der Waals surface area contributed by atoms with Gasteiger partial charge >= 0.3 is 0 Å². The quantitative estimate of drug-likeness (QED) is 0.868. The summed E-state index contributed by atoms with van der Waals surface area (Å²) in [6.45, 7) is 5.85. The smallest absolute Gasteiger partial charge is 0.124 e. The van der Waals surface area contributed by atoms with Crippen molar-refractivity contribution in [1.82, 2.24) is 20.0 Å². The summed E-state index contributed by atoms with van der Waals surface area (Å²) >= 11 is 0. The molecule has 2 fully saturated rings. The second-order valence-corrected chi connectivity index (χ2v) is 6.55. The molecule has 0 radical (unpaired) electrons. The monoisotopic (exact) mass is 275 g/mol. The molecule has 0 aromatic carbocycles. The van der Waals surface area contributed by atoms with Gasteiger partial charge in [0.05, 0.1) is 6.20 Å². The van der Waals surface area contributed by atoms with Gasteiger partial charge < -0.3 is 10.6 Å². The van der Waals surface area contributed by atoms with Crippen LogP contribution in [0.5, 0.6) is 0 Å². The van der Waals surface area contributed by atoms with Gasteiger partial charge in [-0.1, -0.05) is 6.42 Å². The lowest BCUT2D eigenvalue weighted by atomic mass is 9.98. The Morgan fingerprint density at radius 3 is 3.30 bits per heavy atom. The summed E-state index contributed by atoms with van der Waals surface area (Å²) in [6.07, 6.45) is 7.43. The molecule has 3 aliphatic rings. The molecule has 2 N–H and O–H groups in total. The van der Waals surface area contributed by atoms with E-state index in [2.05, 4.69) is 31.4 Å². The number of hydrogen-bond donors (Lipinski definition) is 2. The molecule has 5 heteroatoms. The van der Waals surface area contributed by atoms with Crippen LogP contribution in [0.4, 0.5) is 5.82 Å². The number of nitrogens with one attached hydrogen (secondary N) is 2. The molecule has 4 heterocycles. The van der Waals surface area contributed by atoms with Crippen LogP contribution in [-0.2, 0) is 6.54 Å². The molecule has 0 spiro atoms. The van der Waals surface area contributed by atoms with E-state index in [9.17, 15) is 0 Å². The zero-order valence-corrected chi connectivity index (χ0v) is 12.1. The molecule has 1 aromatic rings. The van der Waals surface area contributed by atoms with E-state index < -0.39 is 0 Å². The highest BCUT2D eigenvalue weighted by atomic mass is 15.3. The first kappa shape index (κ1) is 12.7. The maximum absolute atomic E-state index is 4.37. The number of piperidine rings is 1. The van der Waals surface area contributed by atoms with Gasteiger partial charge in [-0.3, -0.25) is 4.90 Å². The number of nitrogens with zero attached hydrogens (tertiary/aromatic N) is 3. The molecule has 3 atom stereocenters. The first-order valence-electron chi connectivity index (χ1n) is 8.13. The Labute approximate surface area is 120 Å². The second kappa shape index (κ2) is 5.37. The lowest BCUT2D eigenvalue weighted by Crippen LogP contribution is -2.47. The van der Waals surface area contributed by atoms with Gasteiger partial charge in [0.15, 0.2) is 0 Å². The highest BCUT2D eigenvalue weighted by Crippen LogP contribution is 2.27. The van der Waals surface area contributed by atoms with Gasteiger partial charge in [0, 0.05) is 50.2 Å². The van der Waals surface area contributed by atoms with Crippen LogP contribution in [0.1, 0.15) is 25.7 Å². The lowest BCUT2D eigenvalue weighted by molar-refractivity contribution is 0.178. The van der Waals surface area contributed by atoms with Gasteiger partial charge in [-0.2, -0.15) is 5.10 Å². The van der Waals surface area contributed by atoms with Crippen LogP contribution in [0.2, 0.25) is 0 Å². The zero-order valence-electron chi connectivity index (χ0n) is 12.1. The van der Waals surface area contributed by atoms with Crippen molar-refractivity contribution in [2.45, 2.75) is 44.3 Å². The van der Waals surface area contributed by atoms with E-state index in [4.69, 9.17) is 0 Å². The molecule has 20 heavy (non-hydrogen) atoms. The molecule has 3 unspecified atom stereocenters. The first-order chi connectivity index (χ1) is 9.90. The minimum Gasteiger partial charge on any atom is -0.370 e. The molecule has 110 valence electrons. The standard InChI is InChI=1S/C15H25N5/c1-2-7-19-8-5-13(14(19)3-1)16-9-12-10-17-15-4-6-18-20(15)11-12/h4,6,12-14,16-17H,1-3,5,7-11H2. The van der Waals surface area contributed by atoms with Crippen LogP contribution in [0.3, 0.4) is 0 Å². The van der Waals surface area contributed by atoms with E-state index in [1.807, 2.05) is 6.20 Å². The van der Waals surface area contributed by atoms with Gasteiger partial charge in [-0.05, 0) is 25.8 Å². The highest BCUT2D eigenvalue weighted by molar-refractivity contribution is 5.35. The van der Waals surface area contributed by atoms with E-state index in [0.29, 0.717) is 12.0 Å². The molecule has 0 bridgehead atoms. The minimum atomic E-state index is 0.653. The summed E-state index contributed by atoms with van der Waals surface area (Å²) in [4.78, 5) is 2.70. The number of hydrogen-bond acceptors (Lipinski definition) is 4. The molecule has 0 saturated carbocycles. The molecular weight excluding hydrogens is 250 g/mol. The Hall–Kier alpha value is -1.07. The van der Waals surface area contributed by atoms with Crippen LogP contribution in [0.25, 0.3) is 0 Å². The minimum absolute atomic E-state index is 0.653. The van der Waals surface area contributed by atoms with Crippen molar-refractivity contribution in [3.63, 3.8) is 0 Å². The summed E-state index contributed by atoms with van der Waals surface area (Å²) in [5, 5.41) is 11.7. The largest absolute Gasteiger partial charge is 0.370 e.